The van der Waals surface area contributed by atoms with E-state index in [1.165, 1.54) is 23.1 Å². The number of halogens is 3. The van der Waals surface area contributed by atoms with E-state index in [0.29, 0.717) is 12.8 Å². The van der Waals surface area contributed by atoms with Crippen molar-refractivity contribution in [1.29, 1.82) is 0 Å². The fraction of sp³-hybridized carbons (Fsp3) is 0.500. The summed E-state index contributed by atoms with van der Waals surface area (Å²) in [4.78, 5) is 40.1. The lowest BCUT2D eigenvalue weighted by Gasteiger charge is -2.35. The first-order chi connectivity index (χ1) is 13.2. The van der Waals surface area contributed by atoms with Crippen LogP contribution in [0.3, 0.4) is 0 Å². The molecular weight excluding hydrogens is 396 g/mol. The molecule has 4 amide bonds. The molecule has 1 aliphatic carbocycles. The average Bonchev–Trinajstić information content (AvgIpc) is 2.81. The number of urea groups is 1. The van der Waals surface area contributed by atoms with Gasteiger partial charge in [0.05, 0.1) is 5.02 Å². The number of amides is 4. The molecule has 10 heteroatoms. The van der Waals surface area contributed by atoms with Gasteiger partial charge in [0, 0.05) is 12.7 Å². The van der Waals surface area contributed by atoms with Gasteiger partial charge in [-0.15, -0.1) is 0 Å². The zero-order valence-corrected chi connectivity index (χ0v) is 16.0. The molecule has 0 aromatic heterocycles. The second-order valence-corrected chi connectivity index (χ2v) is 7.30. The molecule has 7 nitrogen and oxygen atoms in total. The van der Waals surface area contributed by atoms with Crippen LogP contribution in [0.4, 0.5) is 19.3 Å². The maximum Gasteiger partial charge on any atom is 0.387 e. The lowest BCUT2D eigenvalue weighted by Crippen LogP contribution is -2.49. The number of anilines is 1. The molecule has 1 N–H and O–H groups in total. The van der Waals surface area contributed by atoms with E-state index in [9.17, 15) is 23.2 Å². The fourth-order valence-corrected chi connectivity index (χ4v) is 4.01. The molecule has 28 heavy (non-hydrogen) atoms. The molecule has 152 valence electrons. The van der Waals surface area contributed by atoms with Crippen molar-refractivity contribution >= 4 is 35.1 Å². The zero-order chi connectivity index (χ0) is 20.5. The number of ether oxygens (including phenoxy) is 1. The molecule has 2 aliphatic rings. The second-order valence-electron chi connectivity index (χ2n) is 6.90. The Morgan fingerprint density at radius 1 is 1.29 bits per heavy atom. The van der Waals surface area contributed by atoms with Crippen molar-refractivity contribution in [3.63, 3.8) is 0 Å². The minimum absolute atomic E-state index is 0.104. The van der Waals surface area contributed by atoms with E-state index < -0.39 is 30.6 Å². The topological polar surface area (TPSA) is 79.0 Å². The predicted octanol–water partition coefficient (Wildman–Crippen LogP) is 3.48. The highest BCUT2D eigenvalue weighted by Gasteiger charge is 2.55. The molecule has 2 fully saturated rings. The van der Waals surface area contributed by atoms with Crippen LogP contribution in [-0.4, -0.2) is 53.4 Å². The third kappa shape index (κ3) is 3.76. The van der Waals surface area contributed by atoms with Gasteiger partial charge in [0.1, 0.15) is 17.8 Å². The summed E-state index contributed by atoms with van der Waals surface area (Å²) >= 11 is 5.86. The maximum atomic E-state index is 12.9. The number of nitrogens with zero attached hydrogens (tertiary/aromatic N) is 2. The monoisotopic (exact) mass is 415 g/mol. The van der Waals surface area contributed by atoms with E-state index in [1.807, 2.05) is 0 Å². The molecule has 1 saturated heterocycles. The number of likely N-dealkylation sites (N-methyl/N-ethyl adjacent to an activating group) is 1. The van der Waals surface area contributed by atoms with E-state index in [1.54, 1.807) is 7.05 Å². The molecule has 1 aromatic rings. The SMILES string of the molecule is CN1C(=O)N(CC(=O)Nc2ccc(OC(F)F)c(Cl)c2)C(=O)C12CCCCC2. The minimum atomic E-state index is -3.02. The molecule has 1 aliphatic heterocycles. The van der Waals surface area contributed by atoms with E-state index >= 15 is 0 Å². The molecule has 1 aromatic carbocycles. The highest BCUT2D eigenvalue weighted by molar-refractivity contribution is 6.32. The molecule has 1 saturated carbocycles. The van der Waals surface area contributed by atoms with Gasteiger partial charge in [0.2, 0.25) is 5.91 Å². The van der Waals surface area contributed by atoms with Gasteiger partial charge in [-0.25, -0.2) is 4.79 Å². The highest BCUT2D eigenvalue weighted by Crippen LogP contribution is 2.39. The molecule has 1 heterocycles. The Morgan fingerprint density at radius 2 is 1.96 bits per heavy atom. The Bertz CT molecular complexity index is 799. The maximum absolute atomic E-state index is 12.9. The highest BCUT2D eigenvalue weighted by atomic mass is 35.5. The molecule has 0 unspecified atom stereocenters. The van der Waals surface area contributed by atoms with Gasteiger partial charge < -0.3 is 15.0 Å². The van der Waals surface area contributed by atoms with Crippen LogP contribution in [-0.2, 0) is 9.59 Å². The van der Waals surface area contributed by atoms with Gasteiger partial charge >= 0.3 is 12.6 Å². The normalized spacial score (nSPS) is 18.9. The van der Waals surface area contributed by atoms with Crippen molar-refractivity contribution in [1.82, 2.24) is 9.80 Å². The minimum Gasteiger partial charge on any atom is -0.433 e. The third-order valence-electron chi connectivity index (χ3n) is 5.22. The summed E-state index contributed by atoms with van der Waals surface area (Å²) in [6.07, 6.45) is 3.91. The largest absolute Gasteiger partial charge is 0.433 e. The Labute approximate surface area is 165 Å². The Morgan fingerprint density at radius 3 is 2.57 bits per heavy atom. The number of carbonyl (C=O) groups excluding carboxylic acids is 3. The number of rotatable bonds is 5. The number of nitrogens with one attached hydrogen (secondary N) is 1. The summed E-state index contributed by atoms with van der Waals surface area (Å²) in [5.41, 5.74) is -0.621. The van der Waals surface area contributed by atoms with Gasteiger partial charge in [-0.2, -0.15) is 8.78 Å². The van der Waals surface area contributed by atoms with Crippen molar-refractivity contribution in [2.75, 3.05) is 18.9 Å². The van der Waals surface area contributed by atoms with Gasteiger partial charge in [-0.1, -0.05) is 30.9 Å². The lowest BCUT2D eigenvalue weighted by atomic mass is 9.81. The van der Waals surface area contributed by atoms with Gasteiger partial charge in [-0.05, 0) is 31.0 Å². The van der Waals surface area contributed by atoms with Crippen molar-refractivity contribution in [3.05, 3.63) is 23.2 Å². The van der Waals surface area contributed by atoms with Crippen LogP contribution < -0.4 is 10.1 Å². The van der Waals surface area contributed by atoms with E-state index in [-0.39, 0.29) is 22.4 Å². The van der Waals surface area contributed by atoms with E-state index in [2.05, 4.69) is 10.1 Å². The number of benzene rings is 1. The fourth-order valence-electron chi connectivity index (χ4n) is 3.79. The summed E-state index contributed by atoms with van der Waals surface area (Å²) in [5, 5.41) is 2.40. The number of imide groups is 1. The number of carbonyl (C=O) groups is 3. The first-order valence-corrected chi connectivity index (χ1v) is 9.26. The molecule has 0 atom stereocenters. The van der Waals surface area contributed by atoms with Crippen LogP contribution in [0.25, 0.3) is 0 Å². The lowest BCUT2D eigenvalue weighted by molar-refractivity contribution is -0.136. The summed E-state index contributed by atoms with van der Waals surface area (Å²) in [5.74, 6) is -1.17. The van der Waals surface area contributed by atoms with Crippen molar-refractivity contribution in [3.8, 4) is 5.75 Å². The summed E-state index contributed by atoms with van der Waals surface area (Å²) in [6, 6.07) is 3.28. The zero-order valence-electron chi connectivity index (χ0n) is 15.2. The molecular formula is C18H20ClF2N3O4. The third-order valence-corrected chi connectivity index (χ3v) is 5.51. The van der Waals surface area contributed by atoms with Crippen LogP contribution in [0.2, 0.25) is 5.02 Å². The first kappa shape index (κ1) is 20.3. The van der Waals surface area contributed by atoms with Crippen molar-refractivity contribution < 1.29 is 27.9 Å². The quantitative estimate of drug-likeness (QED) is 0.747. The Hall–Kier alpha value is -2.42. The Kier molecular flexibility index (Phi) is 5.74. The number of hydrogen-bond acceptors (Lipinski definition) is 4. The summed E-state index contributed by atoms with van der Waals surface area (Å²) in [7, 11) is 1.59. The summed E-state index contributed by atoms with van der Waals surface area (Å²) in [6.45, 7) is -3.45. The van der Waals surface area contributed by atoms with Gasteiger partial charge in [0.25, 0.3) is 5.91 Å². The average molecular weight is 416 g/mol. The van der Waals surface area contributed by atoms with Crippen molar-refractivity contribution in [2.45, 2.75) is 44.3 Å². The molecule has 3 rings (SSSR count). The van der Waals surface area contributed by atoms with Gasteiger partial charge in [-0.3, -0.25) is 14.5 Å². The van der Waals surface area contributed by atoms with E-state index in [0.717, 1.165) is 24.2 Å². The number of alkyl halides is 2. The van der Waals surface area contributed by atoms with Crippen LogP contribution in [0, 0.1) is 0 Å². The smallest absolute Gasteiger partial charge is 0.387 e. The molecule has 0 bridgehead atoms. The van der Waals surface area contributed by atoms with Crippen LogP contribution >= 0.6 is 11.6 Å². The second kappa shape index (κ2) is 7.90. The Balaban J connectivity index is 1.67. The summed E-state index contributed by atoms with van der Waals surface area (Å²) < 4.78 is 28.8. The predicted molar refractivity (Wildman–Crippen MR) is 97.4 cm³/mol. The number of hydrogen-bond donors (Lipinski definition) is 1. The first-order valence-electron chi connectivity index (χ1n) is 8.88. The molecule has 0 radical (unpaired) electrons. The standard InChI is InChI=1S/C18H20ClF2N3O4/c1-23-17(27)24(15(26)18(23)7-3-2-4-8-18)10-14(25)22-11-5-6-13(12(19)9-11)28-16(20)21/h5-6,9,16H,2-4,7-8,10H2,1H3,(H,22,25). The van der Waals surface area contributed by atoms with Crippen LogP contribution in [0.1, 0.15) is 32.1 Å². The van der Waals surface area contributed by atoms with Crippen molar-refractivity contribution in [2.24, 2.45) is 0 Å². The van der Waals surface area contributed by atoms with E-state index in [4.69, 9.17) is 11.6 Å². The molecule has 1 spiro atoms. The van der Waals surface area contributed by atoms with Gasteiger partial charge in [0.15, 0.2) is 0 Å². The van der Waals surface area contributed by atoms with Crippen LogP contribution in [0.15, 0.2) is 18.2 Å². The van der Waals surface area contributed by atoms with Crippen LogP contribution in [0.5, 0.6) is 5.75 Å².